The van der Waals surface area contributed by atoms with Gasteiger partial charge in [0.1, 0.15) is 11.5 Å². The molecule has 0 aromatic carbocycles. The minimum atomic E-state index is 0.0534. The minimum absolute atomic E-state index is 0.0534. The van der Waals surface area contributed by atoms with Crippen molar-refractivity contribution in [1.82, 2.24) is 4.98 Å². The standard InChI is InChI=1S/C7H4NO2/c9-5-1-2-6-7(3-5)10-4-8-6/h1-2H,3H2. The second-order valence-electron chi connectivity index (χ2n) is 2.09. The van der Waals surface area contributed by atoms with Gasteiger partial charge < -0.3 is 4.42 Å². The highest BCUT2D eigenvalue weighted by atomic mass is 16.3. The number of hydrogen-bond donors (Lipinski definition) is 0. The predicted octanol–water partition coefficient (Wildman–Crippen LogP) is 0.613. The Balaban J connectivity index is 2.52. The van der Waals surface area contributed by atoms with Crippen molar-refractivity contribution in [2.45, 2.75) is 6.42 Å². The molecule has 0 saturated heterocycles. The fraction of sp³-hybridized carbons (Fsp3) is 0.143. The molecule has 0 spiro atoms. The van der Waals surface area contributed by atoms with Gasteiger partial charge >= 0.3 is 0 Å². The van der Waals surface area contributed by atoms with Gasteiger partial charge in [0.2, 0.25) is 0 Å². The molecule has 1 aliphatic carbocycles. The summed E-state index contributed by atoms with van der Waals surface area (Å²) in [6, 6.07) is 0. The number of carbonyl (C=O) groups excluding carboxylic acids is 1. The van der Waals surface area contributed by atoms with Crippen LogP contribution in [0.4, 0.5) is 0 Å². The van der Waals surface area contributed by atoms with Gasteiger partial charge in [-0.2, -0.15) is 0 Å². The van der Waals surface area contributed by atoms with Crippen molar-refractivity contribution < 1.29 is 9.21 Å². The molecular formula is C7H4NO2. The molecule has 0 saturated carbocycles. The molecule has 3 heteroatoms. The second-order valence-corrected chi connectivity index (χ2v) is 2.09. The van der Waals surface area contributed by atoms with Gasteiger partial charge in [0.25, 0.3) is 6.39 Å². The predicted molar refractivity (Wildman–Crippen MR) is 33.1 cm³/mol. The van der Waals surface area contributed by atoms with Crippen LogP contribution in [-0.2, 0) is 11.2 Å². The molecule has 1 aromatic heterocycles. The van der Waals surface area contributed by atoms with Crippen molar-refractivity contribution in [1.29, 1.82) is 0 Å². The Morgan fingerprint density at radius 3 is 3.40 bits per heavy atom. The van der Waals surface area contributed by atoms with Gasteiger partial charge in [0, 0.05) is 0 Å². The molecule has 49 valence electrons. The van der Waals surface area contributed by atoms with Crippen molar-refractivity contribution in [3.8, 4) is 0 Å². The summed E-state index contributed by atoms with van der Waals surface area (Å²) in [7, 11) is 0. The molecule has 0 amide bonds. The number of rotatable bonds is 0. The van der Waals surface area contributed by atoms with Crippen LogP contribution in [0.15, 0.2) is 10.5 Å². The maximum Gasteiger partial charge on any atom is 0.284 e. The molecule has 0 atom stereocenters. The number of fused-ring (bicyclic) bond motifs is 1. The molecule has 0 N–H and O–H groups in total. The molecule has 0 fully saturated rings. The number of carbonyl (C=O) groups is 1. The molecule has 2 rings (SSSR count). The van der Waals surface area contributed by atoms with Crippen molar-refractivity contribution >= 4 is 11.9 Å². The van der Waals surface area contributed by atoms with E-state index >= 15 is 0 Å². The quantitative estimate of drug-likeness (QED) is 0.522. The lowest BCUT2D eigenvalue weighted by molar-refractivity contribution is -0.114. The van der Waals surface area contributed by atoms with Gasteiger partial charge in [0.15, 0.2) is 5.78 Å². The van der Waals surface area contributed by atoms with E-state index in [0.29, 0.717) is 12.2 Å². The molecule has 1 radical (unpaired) electrons. The Bertz CT molecular complexity index is 298. The molecule has 3 nitrogen and oxygen atoms in total. The highest BCUT2D eigenvalue weighted by Gasteiger charge is 2.13. The van der Waals surface area contributed by atoms with E-state index in [1.807, 2.05) is 0 Å². The SMILES string of the molecule is O=C1C=Cc2n[c]oc2C1. The third-order valence-corrected chi connectivity index (χ3v) is 1.38. The normalized spacial score (nSPS) is 15.4. The summed E-state index contributed by atoms with van der Waals surface area (Å²) in [6.45, 7) is 0. The monoisotopic (exact) mass is 134 g/mol. The topological polar surface area (TPSA) is 43.1 Å². The van der Waals surface area contributed by atoms with Crippen LogP contribution >= 0.6 is 0 Å². The summed E-state index contributed by atoms with van der Waals surface area (Å²) in [5.74, 6) is 0.671. The van der Waals surface area contributed by atoms with Gasteiger partial charge in [0.05, 0.1) is 6.42 Å². The highest BCUT2D eigenvalue weighted by Crippen LogP contribution is 2.13. The second kappa shape index (κ2) is 1.80. The first kappa shape index (κ1) is 5.41. The Kier molecular flexibility index (Phi) is 0.974. The zero-order valence-electron chi connectivity index (χ0n) is 5.13. The van der Waals surface area contributed by atoms with Crippen LogP contribution in [0.1, 0.15) is 11.5 Å². The smallest absolute Gasteiger partial charge is 0.284 e. The molecule has 1 aliphatic rings. The van der Waals surface area contributed by atoms with E-state index in [9.17, 15) is 4.79 Å². The first-order valence-corrected chi connectivity index (χ1v) is 2.93. The molecule has 1 heterocycles. The van der Waals surface area contributed by atoms with Crippen LogP contribution in [0.3, 0.4) is 0 Å². The number of allylic oxidation sites excluding steroid dienone is 1. The molecule has 10 heavy (non-hydrogen) atoms. The lowest BCUT2D eigenvalue weighted by Crippen LogP contribution is -2.02. The zero-order valence-corrected chi connectivity index (χ0v) is 5.13. The largest absolute Gasteiger partial charge is 0.436 e. The Morgan fingerprint density at radius 1 is 1.60 bits per heavy atom. The summed E-state index contributed by atoms with van der Waals surface area (Å²) >= 11 is 0. The molecular weight excluding hydrogens is 130 g/mol. The third-order valence-electron chi connectivity index (χ3n) is 1.38. The first-order valence-electron chi connectivity index (χ1n) is 2.93. The summed E-state index contributed by atoms with van der Waals surface area (Å²) in [4.78, 5) is 14.5. The van der Waals surface area contributed by atoms with Gasteiger partial charge in [-0.1, -0.05) is 0 Å². The summed E-state index contributed by atoms with van der Waals surface area (Å²) in [6.07, 6.45) is 5.79. The molecule has 0 unspecified atom stereocenters. The van der Waals surface area contributed by atoms with Gasteiger partial charge in [-0.3, -0.25) is 4.79 Å². The molecule has 1 aromatic rings. The third kappa shape index (κ3) is 0.673. The zero-order chi connectivity index (χ0) is 6.97. The van der Waals surface area contributed by atoms with E-state index in [4.69, 9.17) is 4.42 Å². The molecule has 0 aliphatic heterocycles. The van der Waals surface area contributed by atoms with Crippen molar-refractivity contribution in [2.24, 2.45) is 0 Å². The Morgan fingerprint density at radius 2 is 2.50 bits per heavy atom. The average Bonchev–Trinajstić information content (AvgIpc) is 2.33. The van der Waals surface area contributed by atoms with Crippen LogP contribution in [0, 0.1) is 6.39 Å². The van der Waals surface area contributed by atoms with Crippen LogP contribution in [0.25, 0.3) is 6.08 Å². The van der Waals surface area contributed by atoms with E-state index in [-0.39, 0.29) is 5.78 Å². The van der Waals surface area contributed by atoms with Gasteiger partial charge in [-0.05, 0) is 12.2 Å². The molecule has 0 bridgehead atoms. The number of hydrogen-bond acceptors (Lipinski definition) is 3. The minimum Gasteiger partial charge on any atom is -0.436 e. The first-order chi connectivity index (χ1) is 4.86. The van der Waals surface area contributed by atoms with Crippen LogP contribution in [0.5, 0.6) is 0 Å². The average molecular weight is 134 g/mol. The number of ketones is 1. The summed E-state index contributed by atoms with van der Waals surface area (Å²) in [5.41, 5.74) is 0.722. The highest BCUT2D eigenvalue weighted by molar-refractivity contribution is 5.97. The van der Waals surface area contributed by atoms with E-state index in [2.05, 4.69) is 11.4 Å². The Hall–Kier alpha value is -1.38. The lowest BCUT2D eigenvalue weighted by atomic mass is 10.1. The van der Waals surface area contributed by atoms with E-state index in [1.54, 1.807) is 6.08 Å². The number of oxazole rings is 1. The summed E-state index contributed by atoms with van der Waals surface area (Å²) < 4.78 is 4.82. The Labute approximate surface area is 57.4 Å². The van der Waals surface area contributed by atoms with E-state index in [1.165, 1.54) is 6.08 Å². The maximum absolute atomic E-state index is 10.7. The van der Waals surface area contributed by atoms with Gasteiger partial charge in [-0.15, -0.1) is 0 Å². The van der Waals surface area contributed by atoms with Crippen LogP contribution in [-0.4, -0.2) is 10.8 Å². The number of aromatic nitrogens is 1. The lowest BCUT2D eigenvalue weighted by Gasteiger charge is -1.97. The maximum atomic E-state index is 10.7. The van der Waals surface area contributed by atoms with E-state index < -0.39 is 0 Å². The number of nitrogens with zero attached hydrogens (tertiary/aromatic N) is 1. The van der Waals surface area contributed by atoms with Crippen LogP contribution < -0.4 is 0 Å². The fourth-order valence-corrected chi connectivity index (χ4v) is 0.888. The van der Waals surface area contributed by atoms with E-state index in [0.717, 1.165) is 5.69 Å². The summed E-state index contributed by atoms with van der Waals surface area (Å²) in [5, 5.41) is 0. The van der Waals surface area contributed by atoms with Crippen molar-refractivity contribution in [3.05, 3.63) is 23.9 Å². The fourth-order valence-electron chi connectivity index (χ4n) is 0.888. The van der Waals surface area contributed by atoms with Crippen molar-refractivity contribution in [3.63, 3.8) is 0 Å². The van der Waals surface area contributed by atoms with Gasteiger partial charge in [-0.25, -0.2) is 4.98 Å². The van der Waals surface area contributed by atoms with Crippen LogP contribution in [0.2, 0.25) is 0 Å². The van der Waals surface area contributed by atoms with Crippen molar-refractivity contribution in [2.75, 3.05) is 0 Å².